The smallest absolute Gasteiger partial charge is 0.126 e. The van der Waals surface area contributed by atoms with Crippen LogP contribution in [0.4, 0.5) is 0 Å². The van der Waals surface area contributed by atoms with Crippen LogP contribution in [-0.4, -0.2) is 21.2 Å². The van der Waals surface area contributed by atoms with Gasteiger partial charge < -0.3 is 15.8 Å². The summed E-state index contributed by atoms with van der Waals surface area (Å²) in [7, 11) is 0. The van der Waals surface area contributed by atoms with Crippen LogP contribution < -0.4 is 5.73 Å². The molecule has 0 aromatic carbocycles. The lowest BCUT2D eigenvalue weighted by Gasteiger charge is -2.10. The molecule has 0 spiro atoms. The SMILES string of the molecule is CC(O)C(N)c1nc2c([nH]1)CCCC2. The highest BCUT2D eigenvalue weighted by molar-refractivity contribution is 5.19. The minimum absolute atomic E-state index is 0.388. The molecule has 0 radical (unpaired) electrons. The number of H-pyrrole nitrogens is 1. The van der Waals surface area contributed by atoms with Crippen molar-refractivity contribution in [2.75, 3.05) is 0 Å². The van der Waals surface area contributed by atoms with E-state index in [0.29, 0.717) is 0 Å². The number of nitrogens with two attached hydrogens (primary N) is 1. The number of fused-ring (bicyclic) bond motifs is 1. The third kappa shape index (κ3) is 1.67. The number of rotatable bonds is 2. The predicted octanol–water partition coefficient (Wildman–Crippen LogP) is 0.669. The van der Waals surface area contributed by atoms with Gasteiger partial charge in [0.15, 0.2) is 0 Å². The third-order valence-electron chi connectivity index (χ3n) is 2.81. The number of hydrogen-bond acceptors (Lipinski definition) is 3. The van der Waals surface area contributed by atoms with Crippen LogP contribution in [-0.2, 0) is 12.8 Å². The monoisotopic (exact) mass is 195 g/mol. The van der Waals surface area contributed by atoms with Crippen LogP contribution >= 0.6 is 0 Å². The maximum absolute atomic E-state index is 9.35. The van der Waals surface area contributed by atoms with E-state index in [1.54, 1.807) is 6.92 Å². The fraction of sp³-hybridized carbons (Fsp3) is 0.700. The van der Waals surface area contributed by atoms with E-state index in [2.05, 4.69) is 9.97 Å². The maximum Gasteiger partial charge on any atom is 0.126 e. The summed E-state index contributed by atoms with van der Waals surface area (Å²) in [6.45, 7) is 1.69. The first-order valence-electron chi connectivity index (χ1n) is 5.20. The highest BCUT2D eigenvalue weighted by Gasteiger charge is 2.20. The zero-order chi connectivity index (χ0) is 10.1. The molecule has 0 saturated carbocycles. The second-order valence-electron chi connectivity index (χ2n) is 4.02. The number of imidazole rings is 1. The number of aryl methyl sites for hydroxylation is 2. The highest BCUT2D eigenvalue weighted by atomic mass is 16.3. The molecule has 14 heavy (non-hydrogen) atoms. The standard InChI is InChI=1S/C10H17N3O/c1-6(14)9(11)10-12-7-4-2-3-5-8(7)13-10/h6,9,14H,2-5,11H2,1H3,(H,12,13). The summed E-state index contributed by atoms with van der Waals surface area (Å²) in [5.41, 5.74) is 8.16. The lowest BCUT2D eigenvalue weighted by Crippen LogP contribution is -2.24. The molecule has 0 amide bonds. The summed E-state index contributed by atoms with van der Waals surface area (Å²) in [5, 5.41) is 9.35. The molecule has 1 aliphatic carbocycles. The fourth-order valence-corrected chi connectivity index (χ4v) is 1.86. The zero-order valence-corrected chi connectivity index (χ0v) is 8.45. The molecule has 4 nitrogen and oxygen atoms in total. The van der Waals surface area contributed by atoms with Crippen LogP contribution in [0.25, 0.3) is 0 Å². The molecule has 0 fully saturated rings. The Morgan fingerprint density at radius 2 is 2.14 bits per heavy atom. The second-order valence-corrected chi connectivity index (χ2v) is 4.02. The average molecular weight is 195 g/mol. The van der Waals surface area contributed by atoms with Crippen molar-refractivity contribution in [2.24, 2.45) is 5.73 Å². The lowest BCUT2D eigenvalue weighted by molar-refractivity contribution is 0.161. The van der Waals surface area contributed by atoms with Crippen LogP contribution in [0, 0.1) is 0 Å². The first-order valence-corrected chi connectivity index (χ1v) is 5.20. The van der Waals surface area contributed by atoms with Gasteiger partial charge in [-0.25, -0.2) is 4.98 Å². The van der Waals surface area contributed by atoms with Crippen molar-refractivity contribution in [3.05, 3.63) is 17.2 Å². The Kier molecular flexibility index (Phi) is 2.56. The van der Waals surface area contributed by atoms with Gasteiger partial charge in [-0.1, -0.05) is 0 Å². The Morgan fingerprint density at radius 1 is 1.43 bits per heavy atom. The molecule has 1 aromatic heterocycles. The molecular weight excluding hydrogens is 178 g/mol. The van der Waals surface area contributed by atoms with E-state index in [-0.39, 0.29) is 6.04 Å². The lowest BCUT2D eigenvalue weighted by atomic mass is 10.0. The molecule has 1 aromatic rings. The molecule has 4 N–H and O–H groups in total. The molecule has 2 atom stereocenters. The van der Waals surface area contributed by atoms with Crippen LogP contribution in [0.5, 0.6) is 0 Å². The van der Waals surface area contributed by atoms with E-state index in [1.807, 2.05) is 0 Å². The molecule has 0 aliphatic heterocycles. The average Bonchev–Trinajstić information content (AvgIpc) is 2.59. The van der Waals surface area contributed by atoms with Crippen LogP contribution in [0.3, 0.4) is 0 Å². The van der Waals surface area contributed by atoms with E-state index < -0.39 is 6.10 Å². The number of nitrogens with one attached hydrogen (secondary N) is 1. The number of hydrogen-bond donors (Lipinski definition) is 3. The largest absolute Gasteiger partial charge is 0.391 e. The van der Waals surface area contributed by atoms with E-state index in [9.17, 15) is 5.11 Å². The van der Waals surface area contributed by atoms with Crippen LogP contribution in [0.15, 0.2) is 0 Å². The van der Waals surface area contributed by atoms with Gasteiger partial charge in [-0.15, -0.1) is 0 Å². The number of nitrogens with zero attached hydrogens (tertiary/aromatic N) is 1. The summed E-state index contributed by atoms with van der Waals surface area (Å²) < 4.78 is 0. The van der Waals surface area contributed by atoms with Crippen molar-refractivity contribution in [3.63, 3.8) is 0 Å². The second kappa shape index (κ2) is 3.71. The van der Waals surface area contributed by atoms with Gasteiger partial charge in [0.1, 0.15) is 5.82 Å². The van der Waals surface area contributed by atoms with Crippen molar-refractivity contribution >= 4 is 0 Å². The van der Waals surface area contributed by atoms with E-state index in [4.69, 9.17) is 5.73 Å². The predicted molar refractivity (Wildman–Crippen MR) is 53.8 cm³/mol. The van der Waals surface area contributed by atoms with Crippen molar-refractivity contribution < 1.29 is 5.11 Å². The van der Waals surface area contributed by atoms with E-state index in [0.717, 1.165) is 24.4 Å². The summed E-state index contributed by atoms with van der Waals surface area (Å²) in [6, 6.07) is -0.388. The van der Waals surface area contributed by atoms with Crippen molar-refractivity contribution in [2.45, 2.75) is 44.8 Å². The molecule has 1 aliphatic rings. The molecular formula is C10H17N3O. The molecule has 2 unspecified atom stereocenters. The van der Waals surface area contributed by atoms with Crippen molar-refractivity contribution in [1.82, 2.24) is 9.97 Å². The zero-order valence-electron chi connectivity index (χ0n) is 8.45. The Hall–Kier alpha value is -0.870. The molecule has 4 heteroatoms. The topological polar surface area (TPSA) is 74.9 Å². The molecule has 2 rings (SSSR count). The van der Waals surface area contributed by atoms with Gasteiger partial charge in [0.05, 0.1) is 17.8 Å². The Balaban J connectivity index is 2.23. The van der Waals surface area contributed by atoms with E-state index >= 15 is 0 Å². The quantitative estimate of drug-likeness (QED) is 0.649. The molecule has 0 saturated heterocycles. The van der Waals surface area contributed by atoms with Crippen molar-refractivity contribution in [1.29, 1.82) is 0 Å². The third-order valence-corrected chi connectivity index (χ3v) is 2.81. The Bertz CT molecular complexity index is 296. The van der Waals surface area contributed by atoms with Gasteiger partial charge in [0.25, 0.3) is 0 Å². The number of aliphatic hydroxyl groups is 1. The Morgan fingerprint density at radius 3 is 2.79 bits per heavy atom. The molecule has 1 heterocycles. The minimum Gasteiger partial charge on any atom is -0.391 e. The minimum atomic E-state index is -0.553. The van der Waals surface area contributed by atoms with Gasteiger partial charge >= 0.3 is 0 Å². The van der Waals surface area contributed by atoms with Gasteiger partial charge in [-0.05, 0) is 32.6 Å². The first-order chi connectivity index (χ1) is 6.68. The number of aromatic amines is 1. The van der Waals surface area contributed by atoms with E-state index in [1.165, 1.54) is 18.5 Å². The van der Waals surface area contributed by atoms with Gasteiger partial charge in [-0.2, -0.15) is 0 Å². The molecule has 78 valence electrons. The normalized spacial score (nSPS) is 20.2. The van der Waals surface area contributed by atoms with Crippen LogP contribution in [0.1, 0.15) is 43.0 Å². The highest BCUT2D eigenvalue weighted by Crippen LogP contribution is 2.21. The number of aromatic nitrogens is 2. The number of aliphatic hydroxyl groups excluding tert-OH is 1. The Labute approximate surface area is 83.5 Å². The first kappa shape index (κ1) is 9.68. The fourth-order valence-electron chi connectivity index (χ4n) is 1.86. The van der Waals surface area contributed by atoms with Gasteiger partial charge in [-0.3, -0.25) is 0 Å². The van der Waals surface area contributed by atoms with Gasteiger partial charge in [0.2, 0.25) is 0 Å². The van der Waals surface area contributed by atoms with Crippen molar-refractivity contribution in [3.8, 4) is 0 Å². The maximum atomic E-state index is 9.35. The van der Waals surface area contributed by atoms with Gasteiger partial charge in [0, 0.05) is 5.69 Å². The van der Waals surface area contributed by atoms with Crippen LogP contribution in [0.2, 0.25) is 0 Å². The summed E-state index contributed by atoms with van der Waals surface area (Å²) in [6.07, 6.45) is 3.98. The summed E-state index contributed by atoms with van der Waals surface area (Å²) in [5.74, 6) is 0.729. The summed E-state index contributed by atoms with van der Waals surface area (Å²) in [4.78, 5) is 7.65. The molecule has 0 bridgehead atoms. The summed E-state index contributed by atoms with van der Waals surface area (Å²) >= 11 is 0.